The molecule has 31 heavy (non-hydrogen) atoms. The van der Waals surface area contributed by atoms with Gasteiger partial charge in [0.1, 0.15) is 17.3 Å². The Morgan fingerprint density at radius 1 is 1.23 bits per heavy atom. The van der Waals surface area contributed by atoms with E-state index >= 15 is 0 Å². The summed E-state index contributed by atoms with van der Waals surface area (Å²) in [4.78, 5) is 16.9. The van der Waals surface area contributed by atoms with Gasteiger partial charge < -0.3 is 9.47 Å². The molecule has 8 heteroatoms. The van der Waals surface area contributed by atoms with Crippen LogP contribution >= 0.6 is 0 Å². The summed E-state index contributed by atoms with van der Waals surface area (Å²) in [7, 11) is 0. The number of aryl methyl sites for hydroxylation is 1. The highest BCUT2D eigenvalue weighted by Gasteiger charge is 2.42. The number of hydrogen-bond donors (Lipinski definition) is 0. The van der Waals surface area contributed by atoms with Gasteiger partial charge in [0.25, 0.3) is 0 Å². The van der Waals surface area contributed by atoms with Crippen molar-refractivity contribution in [1.29, 1.82) is 0 Å². The van der Waals surface area contributed by atoms with Gasteiger partial charge >= 0.3 is 5.97 Å². The van der Waals surface area contributed by atoms with E-state index < -0.39 is 5.97 Å². The number of nitrogens with zero attached hydrogens (tertiary/aromatic N) is 5. The maximum Gasteiger partial charge on any atom is 0.358 e. The minimum atomic E-state index is -0.424. The van der Waals surface area contributed by atoms with Crippen molar-refractivity contribution < 1.29 is 19.0 Å². The van der Waals surface area contributed by atoms with Crippen LogP contribution in [0.3, 0.4) is 0 Å². The van der Waals surface area contributed by atoms with Crippen molar-refractivity contribution in [3.8, 4) is 11.4 Å². The van der Waals surface area contributed by atoms with E-state index in [9.17, 15) is 4.79 Å². The zero-order valence-corrected chi connectivity index (χ0v) is 17.4. The summed E-state index contributed by atoms with van der Waals surface area (Å²) in [5, 5.41) is 8.89. The molecule has 1 atom stereocenters. The standard InChI is InChI=1S/C23H22N5O3/c1-3-30-23(29)22-21-12-19-17(13-31-16-7-5-4-6-8-16)25-26-28(19)20-11-15(2)9-10-18(20)27(21)14-24-22/h4-11,14,19H,3,12-13H2,1-2H3/q+1. The SMILES string of the molecule is CCOC(=O)c1ncn2c1CC1C(COc3ccccc3)=NN=[N+]1c1cc(C)ccc1-2. The lowest BCUT2D eigenvalue weighted by Gasteiger charge is -2.11. The van der Waals surface area contributed by atoms with Crippen LogP contribution in [-0.2, 0) is 11.2 Å². The molecule has 0 fully saturated rings. The number of esters is 1. The second-order valence-corrected chi connectivity index (χ2v) is 7.47. The van der Waals surface area contributed by atoms with Crippen molar-refractivity contribution in [3.63, 3.8) is 0 Å². The number of rotatable bonds is 5. The van der Waals surface area contributed by atoms with E-state index in [0.29, 0.717) is 25.3 Å². The van der Waals surface area contributed by atoms with Crippen molar-refractivity contribution in [1.82, 2.24) is 9.55 Å². The zero-order chi connectivity index (χ0) is 21.4. The molecule has 0 radical (unpaired) electrons. The summed E-state index contributed by atoms with van der Waals surface area (Å²) in [6, 6.07) is 15.5. The molecular formula is C23H22N5O3+. The first-order valence-corrected chi connectivity index (χ1v) is 10.2. The lowest BCUT2D eigenvalue weighted by molar-refractivity contribution is -0.527. The van der Waals surface area contributed by atoms with Crippen LogP contribution in [0.5, 0.6) is 5.75 Å². The minimum Gasteiger partial charge on any atom is -0.485 e. The van der Waals surface area contributed by atoms with Crippen molar-refractivity contribution >= 4 is 17.4 Å². The molecule has 0 amide bonds. The summed E-state index contributed by atoms with van der Waals surface area (Å²) in [5.74, 6) is 0.345. The minimum absolute atomic E-state index is 0.185. The number of imidazole rings is 1. The van der Waals surface area contributed by atoms with E-state index in [1.807, 2.05) is 58.7 Å². The summed E-state index contributed by atoms with van der Waals surface area (Å²) in [6.45, 7) is 4.42. The van der Waals surface area contributed by atoms with E-state index in [1.165, 1.54) is 0 Å². The van der Waals surface area contributed by atoms with Gasteiger partial charge in [-0.05, 0) is 43.7 Å². The third-order valence-corrected chi connectivity index (χ3v) is 5.44. The topological polar surface area (TPSA) is 81.1 Å². The molecule has 1 unspecified atom stereocenters. The third kappa shape index (κ3) is 3.39. The average molecular weight is 416 g/mol. The normalized spacial score (nSPS) is 16.4. The maximum absolute atomic E-state index is 12.6. The number of carbonyl (C=O) groups is 1. The molecule has 0 bridgehead atoms. The molecule has 2 aliphatic rings. The quantitative estimate of drug-likeness (QED) is 0.468. The fraction of sp³-hybridized carbons (Fsp3) is 0.261. The summed E-state index contributed by atoms with van der Waals surface area (Å²) in [5.41, 5.74) is 4.81. The molecule has 156 valence electrons. The Morgan fingerprint density at radius 3 is 2.87 bits per heavy atom. The molecule has 0 saturated carbocycles. The van der Waals surface area contributed by atoms with E-state index in [4.69, 9.17) is 9.47 Å². The van der Waals surface area contributed by atoms with Crippen LogP contribution < -0.4 is 4.74 Å². The Hall–Kier alpha value is -3.81. The van der Waals surface area contributed by atoms with Crippen LogP contribution in [0.25, 0.3) is 5.69 Å². The molecule has 3 aromatic rings. The van der Waals surface area contributed by atoms with Crippen molar-refractivity contribution in [2.75, 3.05) is 13.2 Å². The van der Waals surface area contributed by atoms with Gasteiger partial charge in [0.15, 0.2) is 24.0 Å². The van der Waals surface area contributed by atoms with Crippen LogP contribution in [-0.4, -0.2) is 45.2 Å². The fourth-order valence-electron chi connectivity index (χ4n) is 3.95. The van der Waals surface area contributed by atoms with Gasteiger partial charge in [-0.3, -0.25) is 4.57 Å². The molecule has 8 nitrogen and oxygen atoms in total. The third-order valence-electron chi connectivity index (χ3n) is 5.44. The lowest BCUT2D eigenvalue weighted by Crippen LogP contribution is -2.33. The average Bonchev–Trinajstić information content (AvgIpc) is 3.35. The molecule has 0 spiro atoms. The van der Waals surface area contributed by atoms with Crippen LogP contribution in [0.2, 0.25) is 0 Å². The number of benzene rings is 2. The molecule has 1 aromatic heterocycles. The Balaban J connectivity index is 1.54. The van der Waals surface area contributed by atoms with Crippen molar-refractivity contribution in [2.45, 2.75) is 26.3 Å². The molecule has 0 saturated heterocycles. The molecule has 5 rings (SSSR count). The molecular weight excluding hydrogens is 394 g/mol. The molecule has 2 aliphatic heterocycles. The number of fused-ring (bicyclic) bond motifs is 5. The van der Waals surface area contributed by atoms with Crippen LogP contribution in [0.4, 0.5) is 5.69 Å². The Bertz CT molecular complexity index is 1210. The maximum atomic E-state index is 12.6. The van der Waals surface area contributed by atoms with Crippen molar-refractivity contribution in [2.24, 2.45) is 10.3 Å². The predicted octanol–water partition coefficient (Wildman–Crippen LogP) is 3.83. The van der Waals surface area contributed by atoms with Crippen LogP contribution in [0, 0.1) is 6.92 Å². The Labute approximate surface area is 179 Å². The lowest BCUT2D eigenvalue weighted by atomic mass is 10.0. The number of aromatic nitrogens is 2. The first-order chi connectivity index (χ1) is 15.2. The highest BCUT2D eigenvalue weighted by atomic mass is 16.5. The first-order valence-electron chi connectivity index (χ1n) is 10.2. The number of para-hydroxylation sites is 1. The molecule has 2 aromatic carbocycles. The summed E-state index contributed by atoms with van der Waals surface area (Å²) < 4.78 is 15.0. The highest BCUT2D eigenvalue weighted by Crippen LogP contribution is 2.35. The molecule has 0 N–H and O–H groups in total. The van der Waals surface area contributed by atoms with Crippen molar-refractivity contribution in [3.05, 3.63) is 71.8 Å². The molecule has 0 aliphatic carbocycles. The Kier molecular flexibility index (Phi) is 4.82. The summed E-state index contributed by atoms with van der Waals surface area (Å²) >= 11 is 0. The smallest absolute Gasteiger partial charge is 0.358 e. The van der Waals surface area contributed by atoms with Gasteiger partial charge in [0, 0.05) is 6.42 Å². The van der Waals surface area contributed by atoms with Gasteiger partial charge in [0.2, 0.25) is 5.71 Å². The monoisotopic (exact) mass is 416 g/mol. The second kappa shape index (κ2) is 7.79. The first kappa shape index (κ1) is 19.2. The molecule has 3 heterocycles. The van der Waals surface area contributed by atoms with E-state index in [-0.39, 0.29) is 6.04 Å². The number of carbonyl (C=O) groups excluding carboxylic acids is 1. The van der Waals surface area contributed by atoms with E-state index in [2.05, 4.69) is 21.4 Å². The fourth-order valence-corrected chi connectivity index (χ4v) is 3.95. The van der Waals surface area contributed by atoms with E-state index in [0.717, 1.165) is 34.1 Å². The second-order valence-electron chi connectivity index (χ2n) is 7.47. The van der Waals surface area contributed by atoms with Crippen LogP contribution in [0.15, 0.2) is 65.2 Å². The van der Waals surface area contributed by atoms with Crippen LogP contribution in [0.1, 0.15) is 28.7 Å². The largest absolute Gasteiger partial charge is 0.485 e. The summed E-state index contributed by atoms with van der Waals surface area (Å²) in [6.07, 6.45) is 2.18. The zero-order valence-electron chi connectivity index (χ0n) is 17.4. The predicted molar refractivity (Wildman–Crippen MR) is 113 cm³/mol. The van der Waals surface area contributed by atoms with Gasteiger partial charge in [-0.2, -0.15) is 0 Å². The highest BCUT2D eigenvalue weighted by molar-refractivity contribution is 5.92. The van der Waals surface area contributed by atoms with Gasteiger partial charge in [-0.15, -0.1) is 4.70 Å². The van der Waals surface area contributed by atoms with Gasteiger partial charge in [-0.1, -0.05) is 24.3 Å². The van der Waals surface area contributed by atoms with Gasteiger partial charge in [-0.25, -0.2) is 9.78 Å². The number of ether oxygens (including phenoxy) is 2. The van der Waals surface area contributed by atoms with Gasteiger partial charge in [0.05, 0.1) is 23.1 Å². The number of hydrogen-bond acceptors (Lipinski definition) is 6. The van der Waals surface area contributed by atoms with E-state index in [1.54, 1.807) is 13.3 Å². The Morgan fingerprint density at radius 2 is 2.06 bits per heavy atom.